The number of nitrogens with one attached hydrogen (secondary N) is 1. The van der Waals surface area contributed by atoms with E-state index in [-0.39, 0.29) is 11.7 Å². The molecule has 1 N–H and O–H groups in total. The third-order valence-corrected chi connectivity index (χ3v) is 8.65. The molecule has 1 saturated carbocycles. The van der Waals surface area contributed by atoms with E-state index in [9.17, 15) is 10.1 Å². The molecular weight excluding hydrogens is 438 g/mol. The van der Waals surface area contributed by atoms with Crippen molar-refractivity contribution >= 4 is 34.0 Å². The van der Waals surface area contributed by atoms with Gasteiger partial charge in [-0.05, 0) is 36.7 Å². The molecule has 170 valence electrons. The molecule has 1 fully saturated rings. The van der Waals surface area contributed by atoms with E-state index in [4.69, 9.17) is 0 Å². The quantitative estimate of drug-likeness (QED) is 0.415. The minimum atomic E-state index is -0.111. The molecule has 6 nitrogen and oxygen atoms in total. The van der Waals surface area contributed by atoms with Gasteiger partial charge in [0.25, 0.3) is 0 Å². The average molecular weight is 470 g/mol. The Balaban J connectivity index is 1.40. The Hall–Kier alpha value is -2.11. The normalized spacial score (nSPS) is 18.7. The van der Waals surface area contributed by atoms with Gasteiger partial charge in [0.1, 0.15) is 16.9 Å². The van der Waals surface area contributed by atoms with Gasteiger partial charge in [-0.25, -0.2) is 0 Å². The molecule has 0 aliphatic heterocycles. The van der Waals surface area contributed by atoms with Gasteiger partial charge in [-0.2, -0.15) is 5.26 Å². The summed E-state index contributed by atoms with van der Waals surface area (Å²) in [5.41, 5.74) is 1.79. The molecule has 0 bridgehead atoms. The minimum absolute atomic E-state index is 0.111. The van der Waals surface area contributed by atoms with Crippen molar-refractivity contribution in [2.75, 3.05) is 11.1 Å². The molecule has 32 heavy (non-hydrogen) atoms. The van der Waals surface area contributed by atoms with E-state index in [1.54, 1.807) is 11.3 Å². The lowest BCUT2D eigenvalue weighted by Crippen LogP contribution is -2.16. The van der Waals surface area contributed by atoms with Crippen molar-refractivity contribution in [3.8, 4) is 6.07 Å². The summed E-state index contributed by atoms with van der Waals surface area (Å²) < 4.78 is 2.09. The van der Waals surface area contributed by atoms with Crippen LogP contribution in [0.1, 0.15) is 67.3 Å². The predicted molar refractivity (Wildman–Crippen MR) is 130 cm³/mol. The maximum absolute atomic E-state index is 12.7. The van der Waals surface area contributed by atoms with Gasteiger partial charge >= 0.3 is 0 Å². The van der Waals surface area contributed by atoms with E-state index in [0.29, 0.717) is 28.9 Å². The molecule has 2 aliphatic rings. The second kappa shape index (κ2) is 10.7. The first-order valence-corrected chi connectivity index (χ1v) is 13.4. The van der Waals surface area contributed by atoms with Gasteiger partial charge in [0.2, 0.25) is 5.91 Å². The second-order valence-corrected chi connectivity index (χ2v) is 11.1. The van der Waals surface area contributed by atoms with Crippen LogP contribution in [0.2, 0.25) is 0 Å². The van der Waals surface area contributed by atoms with Gasteiger partial charge in [-0.1, -0.05) is 56.9 Å². The van der Waals surface area contributed by atoms with Gasteiger partial charge < -0.3 is 9.88 Å². The number of allylic oxidation sites excluding steroid dienone is 1. The Morgan fingerprint density at radius 1 is 1.34 bits per heavy atom. The predicted octanol–water partition coefficient (Wildman–Crippen LogP) is 5.38. The molecule has 8 heteroatoms. The van der Waals surface area contributed by atoms with Crippen molar-refractivity contribution in [1.29, 1.82) is 5.26 Å². The third kappa shape index (κ3) is 5.26. The Kier molecular flexibility index (Phi) is 7.69. The fourth-order valence-electron chi connectivity index (χ4n) is 4.79. The van der Waals surface area contributed by atoms with E-state index < -0.39 is 0 Å². The van der Waals surface area contributed by atoms with E-state index in [0.717, 1.165) is 42.2 Å². The maximum atomic E-state index is 12.7. The van der Waals surface area contributed by atoms with E-state index in [1.165, 1.54) is 48.7 Å². The van der Waals surface area contributed by atoms with Crippen molar-refractivity contribution < 1.29 is 4.79 Å². The maximum Gasteiger partial charge on any atom is 0.235 e. The summed E-state index contributed by atoms with van der Waals surface area (Å²) >= 11 is 2.96. The zero-order valence-electron chi connectivity index (χ0n) is 18.7. The lowest BCUT2D eigenvalue weighted by Gasteiger charge is -2.21. The molecule has 1 atom stereocenters. The zero-order valence-corrected chi connectivity index (χ0v) is 20.4. The summed E-state index contributed by atoms with van der Waals surface area (Å²) in [6.07, 6.45) is 12.3. The third-order valence-electron chi connectivity index (χ3n) is 6.51. The highest BCUT2D eigenvalue weighted by Crippen LogP contribution is 2.39. The number of fused-ring (bicyclic) bond motifs is 1. The van der Waals surface area contributed by atoms with Crippen LogP contribution in [0.15, 0.2) is 17.8 Å². The summed E-state index contributed by atoms with van der Waals surface area (Å²) in [4.78, 5) is 14.0. The van der Waals surface area contributed by atoms with Gasteiger partial charge in [-0.3, -0.25) is 4.79 Å². The van der Waals surface area contributed by atoms with Crippen molar-refractivity contribution in [1.82, 2.24) is 14.8 Å². The topological polar surface area (TPSA) is 83.6 Å². The Morgan fingerprint density at radius 3 is 2.91 bits per heavy atom. The number of nitrogens with zero attached hydrogens (tertiary/aromatic N) is 4. The smallest absolute Gasteiger partial charge is 0.235 e. The molecule has 0 spiro atoms. The first kappa shape index (κ1) is 23.1. The highest BCUT2D eigenvalue weighted by molar-refractivity contribution is 7.99. The number of aromatic nitrogens is 3. The van der Waals surface area contributed by atoms with Crippen LogP contribution in [0.5, 0.6) is 0 Å². The molecule has 2 aliphatic carbocycles. The van der Waals surface area contributed by atoms with Crippen LogP contribution in [-0.2, 0) is 30.6 Å². The van der Waals surface area contributed by atoms with E-state index >= 15 is 0 Å². The van der Waals surface area contributed by atoms with Crippen LogP contribution in [0, 0.1) is 23.2 Å². The second-order valence-electron chi connectivity index (χ2n) is 9.01. The van der Waals surface area contributed by atoms with Crippen molar-refractivity contribution in [3.05, 3.63) is 34.5 Å². The molecule has 2 aromatic heterocycles. The standard InChI is InChI=1S/C24H31N5OS2/c1-3-11-29-21(13-17-7-5-4-6-8-17)27-28-24(29)31-15-22(30)26-23-19(14-25)18-10-9-16(2)12-20(18)32-23/h3,16-17H,1,4-13,15H2,2H3,(H,26,30). The van der Waals surface area contributed by atoms with Crippen molar-refractivity contribution in [2.24, 2.45) is 11.8 Å². The molecule has 1 amide bonds. The van der Waals surface area contributed by atoms with Crippen LogP contribution >= 0.6 is 23.1 Å². The molecule has 1 unspecified atom stereocenters. The zero-order chi connectivity index (χ0) is 22.5. The Labute approximate surface area is 198 Å². The SMILES string of the molecule is C=CCn1c(CC2CCCCC2)nnc1SCC(=O)Nc1sc2c(c1C#N)CCC(C)C2. The molecule has 4 rings (SSSR count). The number of anilines is 1. The fraction of sp³-hybridized carbons (Fsp3) is 0.583. The number of carbonyl (C=O) groups is 1. The summed E-state index contributed by atoms with van der Waals surface area (Å²) in [5.74, 6) is 2.43. The van der Waals surface area contributed by atoms with Crippen LogP contribution < -0.4 is 5.32 Å². The van der Waals surface area contributed by atoms with Gasteiger partial charge in [0.15, 0.2) is 5.16 Å². The molecule has 0 saturated heterocycles. The van der Waals surface area contributed by atoms with Gasteiger partial charge in [0, 0.05) is 17.8 Å². The molecule has 0 aromatic carbocycles. The van der Waals surface area contributed by atoms with Crippen LogP contribution in [0.25, 0.3) is 0 Å². The van der Waals surface area contributed by atoms with Crippen LogP contribution in [-0.4, -0.2) is 26.4 Å². The summed E-state index contributed by atoms with van der Waals surface area (Å²) in [6.45, 7) is 6.77. The monoisotopic (exact) mass is 469 g/mol. The highest BCUT2D eigenvalue weighted by atomic mass is 32.2. The number of nitriles is 1. The van der Waals surface area contributed by atoms with Crippen molar-refractivity contribution in [2.45, 2.75) is 76.4 Å². The lowest BCUT2D eigenvalue weighted by molar-refractivity contribution is -0.113. The summed E-state index contributed by atoms with van der Waals surface area (Å²) in [6, 6.07) is 2.32. The number of thioether (sulfide) groups is 1. The van der Waals surface area contributed by atoms with E-state index in [2.05, 4.69) is 39.7 Å². The first-order chi connectivity index (χ1) is 15.6. The number of thiophene rings is 1. The average Bonchev–Trinajstić information content (AvgIpc) is 3.33. The lowest BCUT2D eigenvalue weighted by atomic mass is 9.87. The molecular formula is C24H31N5OS2. The minimum Gasteiger partial charge on any atom is -0.316 e. The summed E-state index contributed by atoms with van der Waals surface area (Å²) in [7, 11) is 0. The fourth-order valence-corrected chi connectivity index (χ4v) is 6.93. The molecule has 2 heterocycles. The number of amides is 1. The Bertz CT molecular complexity index is 1010. The van der Waals surface area contributed by atoms with Crippen LogP contribution in [0.4, 0.5) is 5.00 Å². The number of hydrogen-bond donors (Lipinski definition) is 1. The van der Waals surface area contributed by atoms with E-state index in [1.807, 2.05) is 6.08 Å². The number of carbonyl (C=O) groups excluding carboxylic acids is 1. The Morgan fingerprint density at radius 2 is 2.16 bits per heavy atom. The molecule has 2 aromatic rings. The van der Waals surface area contributed by atoms with Crippen molar-refractivity contribution in [3.63, 3.8) is 0 Å². The molecule has 0 radical (unpaired) electrons. The van der Waals surface area contributed by atoms with Gasteiger partial charge in [0.05, 0.1) is 11.3 Å². The highest BCUT2D eigenvalue weighted by Gasteiger charge is 2.25. The van der Waals surface area contributed by atoms with Crippen LogP contribution in [0.3, 0.4) is 0 Å². The van der Waals surface area contributed by atoms with Gasteiger partial charge in [-0.15, -0.1) is 28.1 Å². The first-order valence-electron chi connectivity index (χ1n) is 11.6. The number of hydrogen-bond acceptors (Lipinski definition) is 6. The summed E-state index contributed by atoms with van der Waals surface area (Å²) in [5, 5.41) is 22.9. The largest absolute Gasteiger partial charge is 0.316 e. The number of rotatable bonds is 8.